The lowest BCUT2D eigenvalue weighted by molar-refractivity contribution is -0.120. The third-order valence-electron chi connectivity index (χ3n) is 4.94. The maximum Gasteiger partial charge on any atom is 0.330 e. The second-order valence-corrected chi connectivity index (χ2v) is 8.66. The van der Waals surface area contributed by atoms with Crippen molar-refractivity contribution in [1.29, 1.82) is 0 Å². The van der Waals surface area contributed by atoms with E-state index in [-0.39, 0.29) is 6.61 Å². The maximum absolute atomic E-state index is 12.5. The van der Waals surface area contributed by atoms with Crippen molar-refractivity contribution in [2.75, 3.05) is 13.7 Å². The summed E-state index contributed by atoms with van der Waals surface area (Å²) < 4.78 is 18.5. The lowest BCUT2D eigenvalue weighted by atomic mass is 9.89. The zero-order valence-electron chi connectivity index (χ0n) is 17.2. The van der Waals surface area contributed by atoms with Crippen LogP contribution in [0.25, 0.3) is 0 Å². The smallest absolute Gasteiger partial charge is 0.330 e. The molecule has 0 amide bonds. The van der Waals surface area contributed by atoms with Crippen LogP contribution in [-0.4, -0.2) is 52.3 Å². The van der Waals surface area contributed by atoms with Gasteiger partial charge in [0.15, 0.2) is 6.23 Å². The number of hydrogen-bond donors (Lipinski definition) is 2. The Hall–Kier alpha value is -1.48. The monoisotopic (exact) mass is 384 g/mol. The molecule has 1 fully saturated rings. The predicted octanol–water partition coefficient (Wildman–Crippen LogP) is 1.31. The summed E-state index contributed by atoms with van der Waals surface area (Å²) in [5.41, 5.74) is -1.58. The number of aromatic amines is 1. The minimum Gasteiger partial charge on any atom is -0.388 e. The highest BCUT2D eigenvalue weighted by Crippen LogP contribution is 2.33. The summed E-state index contributed by atoms with van der Waals surface area (Å²) in [4.78, 5) is 27.0. The third-order valence-corrected chi connectivity index (χ3v) is 4.94. The van der Waals surface area contributed by atoms with E-state index < -0.39 is 46.8 Å². The second kappa shape index (κ2) is 7.87. The first-order valence-corrected chi connectivity index (χ1v) is 9.27. The van der Waals surface area contributed by atoms with E-state index in [2.05, 4.69) is 4.98 Å². The number of H-pyrrole nitrogens is 1. The van der Waals surface area contributed by atoms with Crippen molar-refractivity contribution in [2.45, 2.75) is 83.5 Å². The Morgan fingerprint density at radius 2 is 1.89 bits per heavy atom. The van der Waals surface area contributed by atoms with Gasteiger partial charge in [-0.3, -0.25) is 14.3 Å². The Kier molecular flexibility index (Phi) is 6.36. The molecule has 1 aromatic heterocycles. The van der Waals surface area contributed by atoms with Crippen molar-refractivity contribution < 1.29 is 19.3 Å². The van der Waals surface area contributed by atoms with Crippen molar-refractivity contribution >= 4 is 0 Å². The van der Waals surface area contributed by atoms with E-state index in [1.165, 1.54) is 10.8 Å². The van der Waals surface area contributed by atoms with Crippen molar-refractivity contribution in [2.24, 2.45) is 0 Å². The summed E-state index contributed by atoms with van der Waals surface area (Å²) in [5, 5.41) is 10.6. The Balaban J connectivity index is 2.44. The van der Waals surface area contributed by atoms with Crippen LogP contribution in [0.1, 0.15) is 59.8 Å². The summed E-state index contributed by atoms with van der Waals surface area (Å²) in [6.07, 6.45) is -0.903. The third kappa shape index (κ3) is 4.68. The highest BCUT2D eigenvalue weighted by Gasteiger charge is 2.46. The molecular formula is C19H32N2O6. The SMILES string of the molecule is CCC1OC(n2cc(C(C)(C)C)c(=O)[nH]c2=O)C(OCC(C)(C)OC)C1O. The van der Waals surface area contributed by atoms with E-state index in [0.29, 0.717) is 12.0 Å². The first-order chi connectivity index (χ1) is 12.4. The normalized spacial score (nSPS) is 26.5. The number of ether oxygens (including phenoxy) is 3. The molecule has 0 radical (unpaired) electrons. The summed E-state index contributed by atoms with van der Waals surface area (Å²) in [7, 11) is 1.58. The fourth-order valence-electron chi connectivity index (χ4n) is 3.02. The molecule has 1 aromatic rings. The molecular weight excluding hydrogens is 352 g/mol. The van der Waals surface area contributed by atoms with Gasteiger partial charge in [-0.05, 0) is 25.7 Å². The number of rotatable bonds is 6. The van der Waals surface area contributed by atoms with Crippen LogP contribution in [0, 0.1) is 0 Å². The molecule has 0 aliphatic carbocycles. The number of aliphatic hydroxyl groups excluding tert-OH is 1. The Labute approximate surface area is 159 Å². The second-order valence-electron chi connectivity index (χ2n) is 8.66. The Bertz CT molecular complexity index is 761. The van der Waals surface area contributed by atoms with Crippen LogP contribution >= 0.6 is 0 Å². The molecule has 8 nitrogen and oxygen atoms in total. The Morgan fingerprint density at radius 1 is 1.26 bits per heavy atom. The van der Waals surface area contributed by atoms with Gasteiger partial charge in [0.2, 0.25) is 0 Å². The molecule has 1 aliphatic rings. The molecule has 0 aromatic carbocycles. The standard InChI is InChI=1S/C19H32N2O6/c1-8-12-13(22)14(26-10-19(5,6)25-7)16(27-12)21-9-11(18(2,3)4)15(23)20-17(21)24/h9,12-14,16,22H,8,10H2,1-7H3,(H,20,23,24). The van der Waals surface area contributed by atoms with Gasteiger partial charge in [0, 0.05) is 18.9 Å². The summed E-state index contributed by atoms with van der Waals surface area (Å²) in [5.74, 6) is 0. The summed E-state index contributed by atoms with van der Waals surface area (Å²) in [6, 6.07) is 0. The van der Waals surface area contributed by atoms with Crippen molar-refractivity contribution in [3.63, 3.8) is 0 Å². The van der Waals surface area contributed by atoms with E-state index in [1.54, 1.807) is 7.11 Å². The van der Waals surface area contributed by atoms with Crippen LogP contribution < -0.4 is 11.2 Å². The fraction of sp³-hybridized carbons (Fsp3) is 0.789. The van der Waals surface area contributed by atoms with Crippen molar-refractivity contribution in [3.05, 3.63) is 32.6 Å². The van der Waals surface area contributed by atoms with Gasteiger partial charge in [-0.25, -0.2) is 4.79 Å². The van der Waals surface area contributed by atoms with Crippen LogP contribution in [0.5, 0.6) is 0 Å². The van der Waals surface area contributed by atoms with Gasteiger partial charge in [0.25, 0.3) is 5.56 Å². The molecule has 1 saturated heterocycles. The number of aliphatic hydroxyl groups is 1. The van der Waals surface area contributed by atoms with Crippen molar-refractivity contribution in [1.82, 2.24) is 9.55 Å². The van der Waals surface area contributed by atoms with Gasteiger partial charge >= 0.3 is 5.69 Å². The molecule has 154 valence electrons. The number of methoxy groups -OCH3 is 1. The van der Waals surface area contributed by atoms with Gasteiger partial charge in [-0.15, -0.1) is 0 Å². The lowest BCUT2D eigenvalue weighted by Gasteiger charge is -2.29. The topological polar surface area (TPSA) is 103 Å². The summed E-state index contributed by atoms with van der Waals surface area (Å²) >= 11 is 0. The van der Waals surface area contributed by atoms with Crippen LogP contribution in [0.15, 0.2) is 15.8 Å². The number of aromatic nitrogens is 2. The number of hydrogen-bond acceptors (Lipinski definition) is 6. The molecule has 4 atom stereocenters. The minimum absolute atomic E-state index is 0.214. The maximum atomic E-state index is 12.5. The molecule has 8 heteroatoms. The van der Waals surface area contributed by atoms with E-state index in [4.69, 9.17) is 14.2 Å². The highest BCUT2D eigenvalue weighted by atomic mass is 16.6. The number of nitrogens with one attached hydrogen (secondary N) is 1. The Morgan fingerprint density at radius 3 is 2.41 bits per heavy atom. The summed E-state index contributed by atoms with van der Waals surface area (Å²) in [6.45, 7) is 11.5. The number of nitrogens with zero attached hydrogens (tertiary/aromatic N) is 1. The van der Waals surface area contributed by atoms with Crippen LogP contribution in [0.2, 0.25) is 0 Å². The van der Waals surface area contributed by atoms with Gasteiger partial charge in [0.05, 0.1) is 18.3 Å². The quantitative estimate of drug-likeness (QED) is 0.767. The molecule has 1 aliphatic heterocycles. The molecule has 4 unspecified atom stereocenters. The average Bonchev–Trinajstić information content (AvgIpc) is 2.87. The van der Waals surface area contributed by atoms with Crippen LogP contribution in [-0.2, 0) is 19.6 Å². The zero-order chi connectivity index (χ0) is 20.6. The fourth-order valence-corrected chi connectivity index (χ4v) is 3.02. The van der Waals surface area contributed by atoms with E-state index in [0.717, 1.165) is 0 Å². The average molecular weight is 384 g/mol. The van der Waals surface area contributed by atoms with Crippen LogP contribution in [0.4, 0.5) is 0 Å². The molecule has 0 bridgehead atoms. The molecule has 2 heterocycles. The first kappa shape index (κ1) is 21.8. The van der Waals surface area contributed by atoms with Gasteiger partial charge in [-0.2, -0.15) is 0 Å². The lowest BCUT2D eigenvalue weighted by Crippen LogP contribution is -2.43. The van der Waals surface area contributed by atoms with Crippen molar-refractivity contribution in [3.8, 4) is 0 Å². The molecule has 27 heavy (non-hydrogen) atoms. The van der Waals surface area contributed by atoms with Gasteiger partial charge in [0.1, 0.15) is 12.2 Å². The minimum atomic E-state index is -0.899. The molecule has 0 spiro atoms. The molecule has 2 N–H and O–H groups in total. The largest absolute Gasteiger partial charge is 0.388 e. The highest BCUT2D eigenvalue weighted by molar-refractivity contribution is 5.16. The molecule has 2 rings (SSSR count). The predicted molar refractivity (Wildman–Crippen MR) is 101 cm³/mol. The first-order valence-electron chi connectivity index (χ1n) is 9.27. The van der Waals surface area contributed by atoms with Crippen LogP contribution in [0.3, 0.4) is 0 Å². The van der Waals surface area contributed by atoms with Gasteiger partial charge in [-0.1, -0.05) is 27.7 Å². The molecule has 0 saturated carbocycles. The van der Waals surface area contributed by atoms with E-state index in [9.17, 15) is 14.7 Å². The van der Waals surface area contributed by atoms with Gasteiger partial charge < -0.3 is 19.3 Å². The van der Waals surface area contributed by atoms with E-state index >= 15 is 0 Å². The zero-order valence-corrected chi connectivity index (χ0v) is 17.2. The van der Waals surface area contributed by atoms with E-state index in [1.807, 2.05) is 41.5 Å².